The molecule has 164 valence electrons. The molecule has 0 atom stereocenters. The molecule has 0 aliphatic carbocycles. The zero-order valence-electron chi connectivity index (χ0n) is 18.3. The quantitative estimate of drug-likeness (QED) is 0.564. The van der Waals surface area contributed by atoms with Crippen molar-refractivity contribution in [1.82, 2.24) is 0 Å². The normalized spacial score (nSPS) is 12.9. The minimum absolute atomic E-state index is 0.0688. The molecule has 1 heterocycles. The molecular formula is C25H23NO6. The number of anilines is 1. The van der Waals surface area contributed by atoms with Gasteiger partial charge in [0, 0.05) is 10.8 Å². The van der Waals surface area contributed by atoms with Gasteiger partial charge in [0.2, 0.25) is 0 Å². The summed E-state index contributed by atoms with van der Waals surface area (Å²) in [5.41, 5.74) is 1.46. The summed E-state index contributed by atoms with van der Waals surface area (Å²) in [6.07, 6.45) is 0. The van der Waals surface area contributed by atoms with E-state index in [0.717, 1.165) is 4.90 Å². The van der Waals surface area contributed by atoms with Crippen LogP contribution in [0.15, 0.2) is 36.4 Å². The monoisotopic (exact) mass is 433 g/mol. The first-order valence-electron chi connectivity index (χ1n) is 10.4. The van der Waals surface area contributed by atoms with Crippen molar-refractivity contribution in [2.75, 3.05) is 18.1 Å². The molecule has 1 aliphatic rings. The number of aromatic carboxylic acids is 1. The van der Waals surface area contributed by atoms with Crippen LogP contribution >= 0.6 is 0 Å². The van der Waals surface area contributed by atoms with E-state index in [1.165, 1.54) is 0 Å². The molecule has 0 spiro atoms. The lowest BCUT2D eigenvalue weighted by Gasteiger charge is -2.19. The lowest BCUT2D eigenvalue weighted by molar-refractivity contribution is 0.0694. The van der Waals surface area contributed by atoms with Crippen molar-refractivity contribution in [2.24, 2.45) is 0 Å². The van der Waals surface area contributed by atoms with Crippen LogP contribution in [0.1, 0.15) is 56.0 Å². The minimum Gasteiger partial charge on any atom is -0.492 e. The van der Waals surface area contributed by atoms with Gasteiger partial charge in [-0.2, -0.15) is 0 Å². The number of ether oxygens (including phenoxy) is 2. The van der Waals surface area contributed by atoms with Gasteiger partial charge < -0.3 is 14.6 Å². The molecule has 7 heteroatoms. The molecule has 0 bridgehead atoms. The van der Waals surface area contributed by atoms with E-state index in [2.05, 4.69) is 0 Å². The van der Waals surface area contributed by atoms with Gasteiger partial charge in [-0.25, -0.2) is 9.69 Å². The number of fused-ring (bicyclic) bond motifs is 2. The largest absolute Gasteiger partial charge is 0.492 e. The maximum Gasteiger partial charge on any atom is 0.336 e. The van der Waals surface area contributed by atoms with Gasteiger partial charge in [-0.1, -0.05) is 30.3 Å². The van der Waals surface area contributed by atoms with Crippen molar-refractivity contribution >= 4 is 34.2 Å². The van der Waals surface area contributed by atoms with E-state index in [0.29, 0.717) is 46.6 Å². The topological polar surface area (TPSA) is 93.1 Å². The standard InChI is InChI=1S/C25H23NO6/c1-5-31-21-15-9-7-8-10-16(15)22(32-6-2)20-19(21)23(27)26(24(20)28)17-12-11-13(3)18(14(17)4)25(29)30/h7-12H,5-6H2,1-4H3,(H,29,30). The van der Waals surface area contributed by atoms with E-state index in [9.17, 15) is 19.5 Å². The Hall–Kier alpha value is -3.87. The number of rotatable bonds is 6. The second-order valence-electron chi connectivity index (χ2n) is 7.47. The fraction of sp³-hybridized carbons (Fsp3) is 0.240. The van der Waals surface area contributed by atoms with Crippen molar-refractivity contribution in [3.63, 3.8) is 0 Å². The van der Waals surface area contributed by atoms with Gasteiger partial charge in [-0.15, -0.1) is 0 Å². The Bertz CT molecular complexity index is 1230. The Morgan fingerprint density at radius 2 is 1.38 bits per heavy atom. The van der Waals surface area contributed by atoms with Crippen LogP contribution in [0, 0.1) is 13.8 Å². The van der Waals surface area contributed by atoms with Crippen LogP contribution in [-0.4, -0.2) is 36.1 Å². The maximum absolute atomic E-state index is 13.6. The molecule has 0 saturated carbocycles. The van der Waals surface area contributed by atoms with Gasteiger partial charge in [-0.3, -0.25) is 9.59 Å². The third kappa shape index (κ3) is 3.00. The van der Waals surface area contributed by atoms with Crippen molar-refractivity contribution in [3.05, 3.63) is 64.2 Å². The molecule has 3 aromatic carbocycles. The summed E-state index contributed by atoms with van der Waals surface area (Å²) in [5, 5.41) is 11.0. The molecular weight excluding hydrogens is 410 g/mol. The van der Waals surface area contributed by atoms with E-state index >= 15 is 0 Å². The lowest BCUT2D eigenvalue weighted by atomic mass is 9.99. The van der Waals surface area contributed by atoms with Gasteiger partial charge in [0.25, 0.3) is 11.8 Å². The highest BCUT2D eigenvalue weighted by Crippen LogP contribution is 2.46. The number of carboxylic acids is 1. The SMILES string of the molecule is CCOc1c2c(c(OCC)c3ccccc13)C(=O)N(c1ccc(C)c(C(=O)O)c1C)C2=O. The minimum atomic E-state index is -1.12. The number of carbonyl (C=O) groups is 3. The first-order chi connectivity index (χ1) is 15.3. The van der Waals surface area contributed by atoms with Crippen molar-refractivity contribution in [3.8, 4) is 11.5 Å². The Kier molecular flexibility index (Phi) is 5.34. The number of aryl methyl sites for hydroxylation is 1. The van der Waals surface area contributed by atoms with Gasteiger partial charge in [0.1, 0.15) is 11.5 Å². The van der Waals surface area contributed by atoms with Crippen LogP contribution in [0.25, 0.3) is 10.8 Å². The molecule has 2 amide bonds. The number of carboxylic acid groups (broad SMARTS) is 1. The molecule has 7 nitrogen and oxygen atoms in total. The Morgan fingerprint density at radius 1 is 0.875 bits per heavy atom. The number of nitrogens with zero attached hydrogens (tertiary/aromatic N) is 1. The highest BCUT2D eigenvalue weighted by molar-refractivity contribution is 6.38. The van der Waals surface area contributed by atoms with Gasteiger partial charge in [-0.05, 0) is 44.9 Å². The first kappa shape index (κ1) is 21.4. The first-order valence-corrected chi connectivity index (χ1v) is 10.4. The summed E-state index contributed by atoms with van der Waals surface area (Å²) < 4.78 is 11.7. The smallest absolute Gasteiger partial charge is 0.336 e. The average Bonchev–Trinajstić information content (AvgIpc) is 3.01. The van der Waals surface area contributed by atoms with Crippen LogP contribution in [0.4, 0.5) is 5.69 Å². The zero-order chi connectivity index (χ0) is 23.2. The second-order valence-corrected chi connectivity index (χ2v) is 7.47. The molecule has 0 aromatic heterocycles. The number of hydrogen-bond donors (Lipinski definition) is 1. The number of amides is 2. The third-order valence-electron chi connectivity index (χ3n) is 5.63. The van der Waals surface area contributed by atoms with Crippen LogP contribution < -0.4 is 14.4 Å². The summed E-state index contributed by atoms with van der Waals surface area (Å²) in [5.74, 6) is -1.60. The zero-order valence-corrected chi connectivity index (χ0v) is 18.3. The molecule has 0 unspecified atom stereocenters. The summed E-state index contributed by atoms with van der Waals surface area (Å²) in [7, 11) is 0. The Morgan fingerprint density at radius 3 is 1.81 bits per heavy atom. The Balaban J connectivity index is 2.04. The van der Waals surface area contributed by atoms with Crippen molar-refractivity contribution < 1.29 is 29.0 Å². The molecule has 32 heavy (non-hydrogen) atoms. The third-order valence-corrected chi connectivity index (χ3v) is 5.63. The van der Waals surface area contributed by atoms with E-state index in [4.69, 9.17) is 9.47 Å². The molecule has 1 N–H and O–H groups in total. The average molecular weight is 433 g/mol. The molecule has 0 fully saturated rings. The lowest BCUT2D eigenvalue weighted by Crippen LogP contribution is -2.30. The van der Waals surface area contributed by atoms with E-state index < -0.39 is 17.8 Å². The van der Waals surface area contributed by atoms with Gasteiger partial charge in [0.15, 0.2) is 0 Å². The van der Waals surface area contributed by atoms with Crippen LogP contribution in [0.3, 0.4) is 0 Å². The second kappa shape index (κ2) is 8.00. The van der Waals surface area contributed by atoms with Crippen LogP contribution in [0.2, 0.25) is 0 Å². The predicted octanol–water partition coefficient (Wildman–Crippen LogP) is 4.75. The Labute approximate surface area is 185 Å². The summed E-state index contributed by atoms with van der Waals surface area (Å²) >= 11 is 0. The van der Waals surface area contributed by atoms with E-state index in [1.807, 2.05) is 24.3 Å². The van der Waals surface area contributed by atoms with Crippen molar-refractivity contribution in [2.45, 2.75) is 27.7 Å². The molecule has 4 rings (SSSR count). The maximum atomic E-state index is 13.6. The highest BCUT2D eigenvalue weighted by Gasteiger charge is 2.44. The summed E-state index contributed by atoms with van der Waals surface area (Å²) in [4.78, 5) is 40.1. The fourth-order valence-corrected chi connectivity index (χ4v) is 4.31. The van der Waals surface area contributed by atoms with Gasteiger partial charge in [0.05, 0.1) is 35.6 Å². The molecule has 1 aliphatic heterocycles. The molecule has 0 radical (unpaired) electrons. The molecule has 0 saturated heterocycles. The number of imide groups is 1. The van der Waals surface area contributed by atoms with Crippen LogP contribution in [0.5, 0.6) is 11.5 Å². The van der Waals surface area contributed by atoms with E-state index in [1.54, 1.807) is 39.8 Å². The number of benzene rings is 3. The number of carbonyl (C=O) groups excluding carboxylic acids is 2. The van der Waals surface area contributed by atoms with E-state index in [-0.39, 0.29) is 22.4 Å². The highest BCUT2D eigenvalue weighted by atomic mass is 16.5. The van der Waals surface area contributed by atoms with Gasteiger partial charge >= 0.3 is 5.97 Å². The van der Waals surface area contributed by atoms with Crippen LogP contribution in [-0.2, 0) is 0 Å². The fourth-order valence-electron chi connectivity index (χ4n) is 4.31. The summed E-state index contributed by atoms with van der Waals surface area (Å²) in [6, 6.07) is 10.5. The van der Waals surface area contributed by atoms with Crippen molar-refractivity contribution in [1.29, 1.82) is 0 Å². The predicted molar refractivity (Wildman–Crippen MR) is 120 cm³/mol. The molecule has 3 aromatic rings. The summed E-state index contributed by atoms with van der Waals surface area (Å²) in [6.45, 7) is 7.49. The number of hydrogen-bond acceptors (Lipinski definition) is 5.